The smallest absolute Gasteiger partial charge is 0.411 e. The van der Waals surface area contributed by atoms with E-state index in [0.717, 1.165) is 57.2 Å². The Morgan fingerprint density at radius 3 is 2.50 bits per heavy atom. The summed E-state index contributed by atoms with van der Waals surface area (Å²) in [6.07, 6.45) is 5.72. The molecule has 7 nitrogen and oxygen atoms in total. The van der Waals surface area contributed by atoms with Gasteiger partial charge in [0.2, 0.25) is 5.91 Å². The number of hydrogen-bond donors (Lipinski definition) is 1. The number of amides is 2. The summed E-state index contributed by atoms with van der Waals surface area (Å²) in [6, 6.07) is 17.0. The minimum absolute atomic E-state index is 0.153. The van der Waals surface area contributed by atoms with Gasteiger partial charge >= 0.3 is 6.09 Å². The maximum absolute atomic E-state index is 13.6. The number of unbranched alkanes of at least 4 members (excludes halogenated alkanes) is 2. The van der Waals surface area contributed by atoms with E-state index in [1.165, 1.54) is 5.56 Å². The number of fused-ring (bicyclic) bond motifs is 1. The lowest BCUT2D eigenvalue weighted by molar-refractivity contribution is -0.154. The summed E-state index contributed by atoms with van der Waals surface area (Å²) >= 11 is 0. The summed E-state index contributed by atoms with van der Waals surface area (Å²) in [5, 5.41) is 9.46. The van der Waals surface area contributed by atoms with Crippen LogP contribution in [0.4, 0.5) is 4.79 Å². The molecule has 2 saturated heterocycles. The van der Waals surface area contributed by atoms with Crippen molar-refractivity contribution in [1.29, 1.82) is 0 Å². The average molecular weight is 494 g/mol. The van der Waals surface area contributed by atoms with E-state index in [9.17, 15) is 14.7 Å². The highest BCUT2D eigenvalue weighted by atomic mass is 16.6. The van der Waals surface area contributed by atoms with Crippen LogP contribution >= 0.6 is 0 Å². The van der Waals surface area contributed by atoms with Crippen molar-refractivity contribution in [3.63, 3.8) is 0 Å². The minimum atomic E-state index is -0.312. The van der Waals surface area contributed by atoms with Gasteiger partial charge in [-0.15, -0.1) is 0 Å². The number of phenols is 1. The highest BCUT2D eigenvalue weighted by Gasteiger charge is 2.45. The quantitative estimate of drug-likeness (QED) is 0.496. The van der Waals surface area contributed by atoms with E-state index in [1.807, 2.05) is 40.1 Å². The molecule has 0 aromatic heterocycles. The summed E-state index contributed by atoms with van der Waals surface area (Å²) < 4.78 is 5.68. The first kappa shape index (κ1) is 26.0. The Morgan fingerprint density at radius 2 is 1.75 bits per heavy atom. The SMILES string of the molecule is CCCCCN1C[C@@H]2N(C(=O)OCCc3ccc(O)cc3)CCCN2[C@@H](CCc2ccccc2)C1=O. The molecule has 194 valence electrons. The van der Waals surface area contributed by atoms with Crippen molar-refractivity contribution in [2.75, 3.05) is 32.8 Å². The van der Waals surface area contributed by atoms with Crippen LogP contribution < -0.4 is 0 Å². The van der Waals surface area contributed by atoms with E-state index >= 15 is 0 Å². The zero-order valence-corrected chi connectivity index (χ0v) is 21.3. The lowest BCUT2D eigenvalue weighted by Gasteiger charge is -2.52. The fraction of sp³-hybridized carbons (Fsp3) is 0.517. The van der Waals surface area contributed by atoms with Crippen molar-refractivity contribution in [2.45, 2.75) is 64.1 Å². The Bertz CT molecular complexity index is 982. The summed E-state index contributed by atoms with van der Waals surface area (Å²) in [6.45, 7) is 5.18. The Kier molecular flexibility index (Phi) is 9.23. The second-order valence-corrected chi connectivity index (χ2v) is 9.83. The monoisotopic (exact) mass is 493 g/mol. The van der Waals surface area contributed by atoms with E-state index in [-0.39, 0.29) is 36.6 Å². The van der Waals surface area contributed by atoms with Crippen LogP contribution in [0.15, 0.2) is 54.6 Å². The van der Waals surface area contributed by atoms with Crippen LogP contribution in [0.2, 0.25) is 0 Å². The molecule has 2 amide bonds. The molecule has 2 heterocycles. The zero-order chi connectivity index (χ0) is 25.3. The van der Waals surface area contributed by atoms with Crippen LogP contribution in [0.25, 0.3) is 0 Å². The second kappa shape index (κ2) is 12.8. The first-order valence-corrected chi connectivity index (χ1v) is 13.4. The molecule has 0 saturated carbocycles. The van der Waals surface area contributed by atoms with Crippen molar-refractivity contribution >= 4 is 12.0 Å². The van der Waals surface area contributed by atoms with E-state index in [2.05, 4.69) is 24.0 Å². The molecule has 7 heteroatoms. The van der Waals surface area contributed by atoms with Crippen LogP contribution in [0.1, 0.15) is 50.2 Å². The molecular formula is C29H39N3O4. The predicted octanol–water partition coefficient (Wildman–Crippen LogP) is 4.44. The van der Waals surface area contributed by atoms with Gasteiger partial charge in [0.05, 0.1) is 19.2 Å². The number of piperazine rings is 1. The number of carbonyl (C=O) groups is 2. The molecule has 0 bridgehead atoms. The van der Waals surface area contributed by atoms with Gasteiger partial charge in [0, 0.05) is 26.1 Å². The lowest BCUT2D eigenvalue weighted by Crippen LogP contribution is -2.69. The van der Waals surface area contributed by atoms with Gasteiger partial charge in [0.1, 0.15) is 11.9 Å². The number of hydrogen-bond acceptors (Lipinski definition) is 5. The van der Waals surface area contributed by atoms with Crippen LogP contribution in [-0.2, 0) is 22.4 Å². The first-order chi connectivity index (χ1) is 17.6. The highest BCUT2D eigenvalue weighted by molar-refractivity contribution is 5.83. The maximum Gasteiger partial charge on any atom is 0.411 e. The number of carbonyl (C=O) groups excluding carboxylic acids is 2. The maximum atomic E-state index is 13.6. The van der Waals surface area contributed by atoms with Gasteiger partial charge in [-0.3, -0.25) is 14.6 Å². The molecule has 0 aliphatic carbocycles. The Hall–Kier alpha value is -3.06. The minimum Gasteiger partial charge on any atom is -0.508 e. The Balaban J connectivity index is 1.43. The molecular weight excluding hydrogens is 454 g/mol. The molecule has 0 spiro atoms. The predicted molar refractivity (Wildman–Crippen MR) is 140 cm³/mol. The van der Waals surface area contributed by atoms with Crippen molar-refractivity contribution < 1.29 is 19.4 Å². The van der Waals surface area contributed by atoms with Gasteiger partial charge in [-0.05, 0) is 48.9 Å². The third-order valence-corrected chi connectivity index (χ3v) is 7.31. The summed E-state index contributed by atoms with van der Waals surface area (Å²) in [4.78, 5) is 32.8. The fourth-order valence-electron chi connectivity index (χ4n) is 5.31. The summed E-state index contributed by atoms with van der Waals surface area (Å²) in [7, 11) is 0. The van der Waals surface area contributed by atoms with Gasteiger partial charge in [-0.25, -0.2) is 4.79 Å². The van der Waals surface area contributed by atoms with Crippen LogP contribution in [0.3, 0.4) is 0 Å². The fourth-order valence-corrected chi connectivity index (χ4v) is 5.31. The largest absolute Gasteiger partial charge is 0.508 e. The van der Waals surface area contributed by atoms with Crippen LogP contribution in [-0.4, -0.2) is 76.8 Å². The number of aryl methyl sites for hydroxylation is 1. The van der Waals surface area contributed by atoms with Gasteiger partial charge < -0.3 is 14.7 Å². The van der Waals surface area contributed by atoms with E-state index in [1.54, 1.807) is 12.1 Å². The van der Waals surface area contributed by atoms with Crippen LogP contribution in [0.5, 0.6) is 5.75 Å². The molecule has 2 aromatic carbocycles. The first-order valence-electron chi connectivity index (χ1n) is 13.4. The molecule has 2 atom stereocenters. The number of benzene rings is 2. The molecule has 2 aromatic rings. The van der Waals surface area contributed by atoms with Crippen molar-refractivity contribution in [3.05, 3.63) is 65.7 Å². The second-order valence-electron chi connectivity index (χ2n) is 9.83. The van der Waals surface area contributed by atoms with Crippen molar-refractivity contribution in [2.24, 2.45) is 0 Å². The third kappa shape index (κ3) is 6.58. The zero-order valence-electron chi connectivity index (χ0n) is 21.3. The lowest BCUT2D eigenvalue weighted by atomic mass is 9.98. The highest BCUT2D eigenvalue weighted by Crippen LogP contribution is 2.28. The van der Waals surface area contributed by atoms with Gasteiger partial charge in [0.25, 0.3) is 0 Å². The van der Waals surface area contributed by atoms with E-state index in [4.69, 9.17) is 4.74 Å². The summed E-state index contributed by atoms with van der Waals surface area (Å²) in [5.41, 5.74) is 2.24. The number of aromatic hydroxyl groups is 1. The number of rotatable bonds is 10. The molecule has 4 rings (SSSR count). The molecule has 0 unspecified atom stereocenters. The van der Waals surface area contributed by atoms with Gasteiger partial charge in [-0.1, -0.05) is 62.2 Å². The Morgan fingerprint density at radius 1 is 1.00 bits per heavy atom. The standard InChI is InChI=1S/C29H39N3O4/c1-2-3-7-18-30-22-27-31(26(28(30)34)16-13-23-9-5-4-6-10-23)19-8-20-32(27)29(35)36-21-17-24-11-14-25(33)15-12-24/h4-6,9-12,14-15,26-27,33H,2-3,7-8,13,16-22H2,1H3/t26-,27-/m0/s1. The van der Waals surface area contributed by atoms with Crippen LogP contribution in [0, 0.1) is 0 Å². The molecule has 36 heavy (non-hydrogen) atoms. The molecule has 1 N–H and O–H groups in total. The molecule has 0 radical (unpaired) electrons. The number of nitrogens with zero attached hydrogens (tertiary/aromatic N) is 3. The average Bonchev–Trinajstić information content (AvgIpc) is 2.90. The normalized spacial score (nSPS) is 20.3. The van der Waals surface area contributed by atoms with Gasteiger partial charge in [0.15, 0.2) is 0 Å². The van der Waals surface area contributed by atoms with Crippen molar-refractivity contribution in [3.8, 4) is 5.75 Å². The van der Waals surface area contributed by atoms with Gasteiger partial charge in [-0.2, -0.15) is 0 Å². The molecule has 2 aliphatic heterocycles. The van der Waals surface area contributed by atoms with Crippen molar-refractivity contribution in [1.82, 2.24) is 14.7 Å². The molecule has 2 aliphatic rings. The topological polar surface area (TPSA) is 73.3 Å². The molecule has 2 fully saturated rings. The van der Waals surface area contributed by atoms with E-state index in [0.29, 0.717) is 19.5 Å². The summed E-state index contributed by atoms with van der Waals surface area (Å²) in [5.74, 6) is 0.419. The Labute approximate surface area is 214 Å². The number of phenolic OH excluding ortho intramolecular Hbond substituents is 1. The third-order valence-electron chi connectivity index (χ3n) is 7.31. The number of ether oxygens (including phenoxy) is 1. The van der Waals surface area contributed by atoms with E-state index < -0.39 is 0 Å².